The zero-order chi connectivity index (χ0) is 6.41. The minimum atomic E-state index is -0.555. The summed E-state index contributed by atoms with van der Waals surface area (Å²) in [6.07, 6.45) is 1.02. The molecule has 4 nitrogen and oxygen atoms in total. The maximum absolute atomic E-state index is 10.1. The summed E-state index contributed by atoms with van der Waals surface area (Å²) in [4.78, 5) is 10.1. The second-order valence-electron chi connectivity index (χ2n) is 0.955. The first kappa shape index (κ1) is 6.81. The molecule has 0 saturated heterocycles. The van der Waals surface area contributed by atoms with E-state index in [4.69, 9.17) is 5.53 Å². The lowest BCUT2D eigenvalue weighted by Crippen LogP contribution is -1.98. The fourth-order valence-electron chi connectivity index (χ4n) is 0.155. The number of nitrogens with one attached hydrogen (secondary N) is 1. The van der Waals surface area contributed by atoms with Gasteiger partial charge in [-0.3, -0.25) is 0 Å². The molecule has 0 bridgehead atoms. The fraction of sp³-hybridized carbons (Fsp3) is 0.250. The van der Waals surface area contributed by atoms with Crippen LogP contribution in [0.25, 0.3) is 0 Å². The Morgan fingerprint density at radius 2 is 2.62 bits per heavy atom. The smallest absolute Gasteiger partial charge is 0.331 e. The molecule has 0 rings (SSSR count). The van der Waals surface area contributed by atoms with E-state index in [0.717, 1.165) is 6.08 Å². The molecule has 0 unspecified atom stereocenters. The van der Waals surface area contributed by atoms with Gasteiger partial charge in [-0.1, -0.05) is 6.58 Å². The molecule has 44 valence electrons. The first-order chi connectivity index (χ1) is 3.81. The Hall–Kier alpha value is -1.19. The van der Waals surface area contributed by atoms with E-state index in [1.807, 2.05) is 0 Å². The Morgan fingerprint density at radius 3 is 3.00 bits per heavy atom. The second-order valence-corrected chi connectivity index (χ2v) is 0.955. The van der Waals surface area contributed by atoms with Crippen LogP contribution in [0.5, 0.6) is 0 Å². The molecular formula is C4H6N2O2. The highest BCUT2D eigenvalue weighted by atomic mass is 16.5. The van der Waals surface area contributed by atoms with Crippen molar-refractivity contribution in [3.05, 3.63) is 12.7 Å². The van der Waals surface area contributed by atoms with Gasteiger partial charge in [-0.25, -0.2) is 10.3 Å². The molecule has 0 spiro atoms. The molecule has 0 aromatic heterocycles. The van der Waals surface area contributed by atoms with Crippen molar-refractivity contribution in [3.63, 3.8) is 0 Å². The summed E-state index contributed by atoms with van der Waals surface area (Å²) in [5.74, 6) is -0.555. The third-order valence-electron chi connectivity index (χ3n) is 0.438. The normalized spacial score (nSPS) is 7.50. The lowest BCUT2D eigenvalue weighted by molar-refractivity contribution is -0.137. The van der Waals surface area contributed by atoms with Gasteiger partial charge in [0.2, 0.25) is 6.73 Å². The van der Waals surface area contributed by atoms with Crippen molar-refractivity contribution in [1.82, 2.24) is 0 Å². The van der Waals surface area contributed by atoms with Crippen LogP contribution in [0.15, 0.2) is 17.8 Å². The average Bonchev–Trinajstić information content (AvgIpc) is 1.83. The van der Waals surface area contributed by atoms with Crippen LogP contribution in [0.3, 0.4) is 0 Å². The number of ether oxygens (including phenoxy) is 1. The second kappa shape index (κ2) is 3.98. The van der Waals surface area contributed by atoms with Crippen molar-refractivity contribution in [3.8, 4) is 0 Å². The Bertz CT molecular complexity index is 111. The third kappa shape index (κ3) is 3.02. The topological polar surface area (TPSA) is 62.5 Å². The quantitative estimate of drug-likeness (QED) is 0.333. The van der Waals surface area contributed by atoms with Crippen molar-refractivity contribution in [2.75, 3.05) is 6.73 Å². The van der Waals surface area contributed by atoms with Crippen LogP contribution in [0, 0.1) is 5.53 Å². The summed E-state index contributed by atoms with van der Waals surface area (Å²) in [5.41, 5.74) is 6.18. The van der Waals surface area contributed by atoms with Gasteiger partial charge in [-0.15, -0.1) is 0 Å². The number of carbonyl (C=O) groups excluding carboxylic acids is 1. The minimum absolute atomic E-state index is 0.217. The fourth-order valence-corrected chi connectivity index (χ4v) is 0.155. The monoisotopic (exact) mass is 114 g/mol. The van der Waals surface area contributed by atoms with Crippen LogP contribution in [0.2, 0.25) is 0 Å². The average molecular weight is 114 g/mol. The molecule has 0 atom stereocenters. The predicted octanol–water partition coefficient (Wildman–Crippen LogP) is 0.704. The van der Waals surface area contributed by atoms with E-state index < -0.39 is 5.97 Å². The van der Waals surface area contributed by atoms with Crippen molar-refractivity contribution in [1.29, 1.82) is 5.53 Å². The molecule has 0 fully saturated rings. The highest BCUT2D eigenvalue weighted by Gasteiger charge is 1.89. The molecule has 0 amide bonds. The molecule has 8 heavy (non-hydrogen) atoms. The van der Waals surface area contributed by atoms with E-state index in [-0.39, 0.29) is 6.73 Å². The zero-order valence-corrected chi connectivity index (χ0v) is 4.26. The van der Waals surface area contributed by atoms with E-state index in [1.54, 1.807) is 0 Å². The molecule has 0 heterocycles. The van der Waals surface area contributed by atoms with Gasteiger partial charge in [0, 0.05) is 6.08 Å². The minimum Gasteiger partial charge on any atom is -0.438 e. The summed E-state index contributed by atoms with van der Waals surface area (Å²) in [7, 11) is 0. The van der Waals surface area contributed by atoms with E-state index in [0.29, 0.717) is 0 Å². The van der Waals surface area contributed by atoms with Crippen molar-refractivity contribution < 1.29 is 9.53 Å². The SMILES string of the molecule is C=CC(=O)OCN=N. The van der Waals surface area contributed by atoms with Crippen LogP contribution in [-0.4, -0.2) is 12.7 Å². The van der Waals surface area contributed by atoms with Crippen LogP contribution in [0.1, 0.15) is 0 Å². The van der Waals surface area contributed by atoms with Gasteiger partial charge < -0.3 is 4.74 Å². The summed E-state index contributed by atoms with van der Waals surface area (Å²) in [6.45, 7) is 2.92. The Labute approximate surface area is 46.7 Å². The number of carbonyl (C=O) groups is 1. The molecule has 0 aliphatic carbocycles. The van der Waals surface area contributed by atoms with Gasteiger partial charge >= 0.3 is 5.97 Å². The maximum atomic E-state index is 10.1. The third-order valence-corrected chi connectivity index (χ3v) is 0.438. The van der Waals surface area contributed by atoms with Crippen LogP contribution >= 0.6 is 0 Å². The summed E-state index contributed by atoms with van der Waals surface area (Å²) >= 11 is 0. The van der Waals surface area contributed by atoms with E-state index in [2.05, 4.69) is 16.4 Å². The molecule has 0 aromatic carbocycles. The molecule has 4 heteroatoms. The number of rotatable bonds is 3. The van der Waals surface area contributed by atoms with Gasteiger partial charge in [-0.05, 0) is 0 Å². The zero-order valence-electron chi connectivity index (χ0n) is 4.26. The predicted molar refractivity (Wildman–Crippen MR) is 26.3 cm³/mol. The van der Waals surface area contributed by atoms with Crippen molar-refractivity contribution in [2.24, 2.45) is 5.11 Å². The number of hydrogen-bond donors (Lipinski definition) is 1. The Morgan fingerprint density at radius 1 is 2.00 bits per heavy atom. The Balaban J connectivity index is 3.24. The summed E-state index contributed by atoms with van der Waals surface area (Å²) in [6, 6.07) is 0. The molecule has 0 aromatic rings. The maximum Gasteiger partial charge on any atom is 0.331 e. The number of nitrogens with zero attached hydrogens (tertiary/aromatic N) is 1. The summed E-state index contributed by atoms with van der Waals surface area (Å²) in [5, 5.41) is 2.78. The van der Waals surface area contributed by atoms with Crippen molar-refractivity contribution >= 4 is 5.97 Å². The van der Waals surface area contributed by atoms with Crippen LogP contribution in [-0.2, 0) is 9.53 Å². The van der Waals surface area contributed by atoms with Gasteiger partial charge in [0.1, 0.15) is 0 Å². The van der Waals surface area contributed by atoms with Gasteiger partial charge in [0.25, 0.3) is 0 Å². The van der Waals surface area contributed by atoms with Crippen LogP contribution < -0.4 is 0 Å². The highest BCUT2D eigenvalue weighted by Crippen LogP contribution is 1.77. The molecule has 0 saturated carbocycles. The van der Waals surface area contributed by atoms with Gasteiger partial charge in [0.15, 0.2) is 0 Å². The lowest BCUT2D eigenvalue weighted by atomic mass is 10.7. The lowest BCUT2D eigenvalue weighted by Gasteiger charge is -1.90. The van der Waals surface area contributed by atoms with Crippen LogP contribution in [0.4, 0.5) is 0 Å². The number of esters is 1. The van der Waals surface area contributed by atoms with E-state index in [9.17, 15) is 4.79 Å². The summed E-state index contributed by atoms with van der Waals surface area (Å²) < 4.78 is 4.23. The molecule has 0 aliphatic heterocycles. The van der Waals surface area contributed by atoms with Gasteiger partial charge in [-0.2, -0.15) is 5.11 Å². The molecule has 0 radical (unpaired) electrons. The molecule has 1 N–H and O–H groups in total. The first-order valence-corrected chi connectivity index (χ1v) is 1.93. The van der Waals surface area contributed by atoms with E-state index >= 15 is 0 Å². The Kier molecular flexibility index (Phi) is 3.39. The van der Waals surface area contributed by atoms with E-state index in [1.165, 1.54) is 0 Å². The largest absolute Gasteiger partial charge is 0.438 e. The highest BCUT2D eigenvalue weighted by molar-refractivity contribution is 5.81. The molecule has 0 aliphatic rings. The first-order valence-electron chi connectivity index (χ1n) is 1.93. The number of hydrogen-bond acceptors (Lipinski definition) is 4. The van der Waals surface area contributed by atoms with Gasteiger partial charge in [0.05, 0.1) is 0 Å². The standard InChI is InChI=1S/C4H6N2O2/c1-2-4(7)8-3-6-5/h2,5H,1,3H2. The van der Waals surface area contributed by atoms with Crippen molar-refractivity contribution in [2.45, 2.75) is 0 Å². The molecular weight excluding hydrogens is 108 g/mol.